The van der Waals surface area contributed by atoms with Gasteiger partial charge in [-0.15, -0.1) is 0 Å². The number of sulfone groups is 1. The fourth-order valence-electron chi connectivity index (χ4n) is 3.27. The van der Waals surface area contributed by atoms with Gasteiger partial charge in [-0.3, -0.25) is 4.79 Å². The molecule has 1 amide bonds. The Morgan fingerprint density at radius 3 is 2.69 bits per heavy atom. The van der Waals surface area contributed by atoms with E-state index in [2.05, 4.69) is 20.4 Å². The van der Waals surface area contributed by atoms with Gasteiger partial charge in [0.1, 0.15) is 27.2 Å². The lowest BCUT2D eigenvalue weighted by atomic mass is 10.0. The van der Waals surface area contributed by atoms with Gasteiger partial charge in [0.15, 0.2) is 5.65 Å². The highest BCUT2D eigenvalue weighted by Gasteiger charge is 2.18. The van der Waals surface area contributed by atoms with Crippen molar-refractivity contribution in [1.82, 2.24) is 19.6 Å². The Hall–Kier alpha value is -3.66. The standard InChI is InChI=1S/C22H20FN5O3S/c1-14-12-15(5-6-17(14)23)21-22(28-19(27-21)4-3-9-25-28)16-7-10-24-18(13-16)26-20(29)8-11-32(2,30)31/h3-7,9-10,12-13H,8,11H2,1-2H3,(H,24,26,29). The van der Waals surface area contributed by atoms with Crippen molar-refractivity contribution in [1.29, 1.82) is 0 Å². The smallest absolute Gasteiger partial charge is 0.226 e. The van der Waals surface area contributed by atoms with Crippen LogP contribution in [0.4, 0.5) is 10.2 Å². The fourth-order valence-corrected chi connectivity index (χ4v) is 3.83. The van der Waals surface area contributed by atoms with Gasteiger partial charge in [-0.2, -0.15) is 5.10 Å². The lowest BCUT2D eigenvalue weighted by Gasteiger charge is -2.09. The van der Waals surface area contributed by atoms with Gasteiger partial charge in [-0.05, 0) is 55.0 Å². The van der Waals surface area contributed by atoms with Crippen LogP contribution in [0.25, 0.3) is 28.2 Å². The summed E-state index contributed by atoms with van der Waals surface area (Å²) < 4.78 is 38.1. The van der Waals surface area contributed by atoms with Crippen molar-refractivity contribution >= 4 is 27.2 Å². The van der Waals surface area contributed by atoms with Crippen LogP contribution in [0.1, 0.15) is 12.0 Å². The number of anilines is 1. The molecule has 0 radical (unpaired) electrons. The zero-order valence-corrected chi connectivity index (χ0v) is 18.2. The highest BCUT2D eigenvalue weighted by Crippen LogP contribution is 2.33. The number of benzene rings is 1. The molecule has 32 heavy (non-hydrogen) atoms. The van der Waals surface area contributed by atoms with Crippen molar-refractivity contribution in [2.45, 2.75) is 13.3 Å². The van der Waals surface area contributed by atoms with Crippen LogP contribution >= 0.6 is 0 Å². The zero-order chi connectivity index (χ0) is 22.9. The molecule has 164 valence electrons. The number of halogens is 1. The number of aryl methyl sites for hydroxylation is 1. The molecule has 0 aliphatic carbocycles. The largest absolute Gasteiger partial charge is 0.311 e. The second kappa shape index (κ2) is 8.46. The summed E-state index contributed by atoms with van der Waals surface area (Å²) in [4.78, 5) is 21.0. The van der Waals surface area contributed by atoms with Crippen molar-refractivity contribution in [2.24, 2.45) is 0 Å². The number of aromatic nitrogens is 4. The average molecular weight is 453 g/mol. The first kappa shape index (κ1) is 21.6. The number of nitrogens with one attached hydrogen (secondary N) is 1. The number of hydrogen-bond acceptors (Lipinski definition) is 6. The molecule has 0 spiro atoms. The van der Waals surface area contributed by atoms with Gasteiger partial charge < -0.3 is 5.32 Å². The van der Waals surface area contributed by atoms with Gasteiger partial charge in [0, 0.05) is 36.2 Å². The molecule has 0 aliphatic heterocycles. The summed E-state index contributed by atoms with van der Waals surface area (Å²) in [6, 6.07) is 11.8. The van der Waals surface area contributed by atoms with E-state index >= 15 is 0 Å². The highest BCUT2D eigenvalue weighted by atomic mass is 32.2. The first-order chi connectivity index (χ1) is 15.2. The summed E-state index contributed by atoms with van der Waals surface area (Å²) in [5, 5.41) is 7.02. The van der Waals surface area contributed by atoms with E-state index in [0.29, 0.717) is 28.2 Å². The number of pyridine rings is 1. The predicted octanol–water partition coefficient (Wildman–Crippen LogP) is 3.28. The minimum Gasteiger partial charge on any atom is -0.311 e. The lowest BCUT2D eigenvalue weighted by Crippen LogP contribution is -2.17. The van der Waals surface area contributed by atoms with Crippen LogP contribution in [0.15, 0.2) is 54.9 Å². The van der Waals surface area contributed by atoms with Crippen LogP contribution in [0.3, 0.4) is 0 Å². The molecule has 0 fully saturated rings. The van der Waals surface area contributed by atoms with Crippen LogP contribution in [-0.4, -0.2) is 45.9 Å². The van der Waals surface area contributed by atoms with E-state index in [9.17, 15) is 17.6 Å². The predicted molar refractivity (Wildman–Crippen MR) is 119 cm³/mol. The van der Waals surface area contributed by atoms with Crippen LogP contribution in [0, 0.1) is 12.7 Å². The van der Waals surface area contributed by atoms with Crippen LogP contribution in [0.5, 0.6) is 0 Å². The number of fused-ring (bicyclic) bond motifs is 1. The Morgan fingerprint density at radius 1 is 1.12 bits per heavy atom. The van der Waals surface area contributed by atoms with Gasteiger partial charge in [0.25, 0.3) is 0 Å². The summed E-state index contributed by atoms with van der Waals surface area (Å²) in [6.07, 6.45) is 4.08. The van der Waals surface area contributed by atoms with Crippen molar-refractivity contribution < 1.29 is 17.6 Å². The number of carbonyl (C=O) groups is 1. The van der Waals surface area contributed by atoms with Crippen LogP contribution in [-0.2, 0) is 14.6 Å². The van der Waals surface area contributed by atoms with E-state index in [-0.39, 0.29) is 23.8 Å². The number of carbonyl (C=O) groups excluding carboxylic acids is 1. The Kier molecular flexibility index (Phi) is 5.70. The van der Waals surface area contributed by atoms with Gasteiger partial charge in [0.05, 0.1) is 11.4 Å². The average Bonchev–Trinajstić information content (AvgIpc) is 3.13. The maximum Gasteiger partial charge on any atom is 0.226 e. The number of amides is 1. The second-order valence-corrected chi connectivity index (χ2v) is 9.68. The Bertz CT molecular complexity index is 1430. The molecule has 0 bridgehead atoms. The van der Waals surface area contributed by atoms with Crippen molar-refractivity contribution in [3.05, 3.63) is 66.2 Å². The molecule has 0 unspecified atom stereocenters. The third-order valence-electron chi connectivity index (χ3n) is 4.83. The molecule has 0 atom stereocenters. The summed E-state index contributed by atoms with van der Waals surface area (Å²) in [7, 11) is -3.25. The first-order valence-corrected chi connectivity index (χ1v) is 11.8. The van der Waals surface area contributed by atoms with E-state index < -0.39 is 15.7 Å². The minimum atomic E-state index is -3.25. The summed E-state index contributed by atoms with van der Waals surface area (Å²) in [5.74, 6) is -0.733. The minimum absolute atomic E-state index is 0.165. The quantitative estimate of drug-likeness (QED) is 0.480. The third kappa shape index (κ3) is 4.65. The maximum atomic E-state index is 13.8. The Labute approximate surface area is 184 Å². The van der Waals surface area contributed by atoms with Gasteiger partial charge in [-0.1, -0.05) is 0 Å². The molecule has 0 saturated heterocycles. The molecule has 4 aromatic rings. The van der Waals surface area contributed by atoms with E-state index in [0.717, 1.165) is 11.8 Å². The van der Waals surface area contributed by atoms with Crippen LogP contribution in [0.2, 0.25) is 0 Å². The molecular weight excluding hydrogens is 433 g/mol. The number of hydrogen-bond donors (Lipinski definition) is 1. The molecule has 0 saturated carbocycles. The molecule has 0 aliphatic rings. The summed E-state index contributed by atoms with van der Waals surface area (Å²) >= 11 is 0. The molecule has 3 aromatic heterocycles. The molecule has 8 nitrogen and oxygen atoms in total. The third-order valence-corrected chi connectivity index (χ3v) is 5.77. The van der Waals surface area contributed by atoms with Crippen LogP contribution < -0.4 is 5.32 Å². The summed E-state index contributed by atoms with van der Waals surface area (Å²) in [6.45, 7) is 1.68. The van der Waals surface area contributed by atoms with E-state index in [1.54, 1.807) is 48.0 Å². The molecule has 1 aromatic carbocycles. The lowest BCUT2D eigenvalue weighted by molar-refractivity contribution is -0.115. The van der Waals surface area contributed by atoms with E-state index in [1.807, 2.05) is 6.07 Å². The van der Waals surface area contributed by atoms with Crippen molar-refractivity contribution in [2.75, 3.05) is 17.3 Å². The molecular formula is C22H20FN5O3S. The second-order valence-electron chi connectivity index (χ2n) is 7.42. The van der Waals surface area contributed by atoms with Crippen molar-refractivity contribution in [3.8, 4) is 22.5 Å². The number of rotatable bonds is 6. The Morgan fingerprint density at radius 2 is 1.94 bits per heavy atom. The molecule has 4 rings (SSSR count). The molecule has 1 N–H and O–H groups in total. The highest BCUT2D eigenvalue weighted by molar-refractivity contribution is 7.90. The van der Waals surface area contributed by atoms with Gasteiger partial charge >= 0.3 is 0 Å². The van der Waals surface area contributed by atoms with E-state index in [1.165, 1.54) is 12.3 Å². The van der Waals surface area contributed by atoms with Crippen molar-refractivity contribution in [3.63, 3.8) is 0 Å². The maximum absolute atomic E-state index is 13.8. The monoisotopic (exact) mass is 453 g/mol. The molecule has 3 heterocycles. The fraction of sp³-hybridized carbons (Fsp3) is 0.182. The topological polar surface area (TPSA) is 106 Å². The number of nitrogens with zero attached hydrogens (tertiary/aromatic N) is 4. The van der Waals surface area contributed by atoms with Gasteiger partial charge in [-0.25, -0.2) is 27.3 Å². The van der Waals surface area contributed by atoms with E-state index in [4.69, 9.17) is 0 Å². The normalized spacial score (nSPS) is 11.6. The zero-order valence-electron chi connectivity index (χ0n) is 17.4. The summed E-state index contributed by atoms with van der Waals surface area (Å²) in [5.41, 5.74) is 3.76. The first-order valence-electron chi connectivity index (χ1n) is 9.75. The number of imidazole rings is 1. The SMILES string of the molecule is Cc1cc(-c2nc3cccnn3c2-c2ccnc(NC(=O)CCS(C)(=O)=O)c2)ccc1F. The Balaban J connectivity index is 1.76. The van der Waals surface area contributed by atoms with Gasteiger partial charge in [0.2, 0.25) is 5.91 Å². The molecule has 10 heteroatoms.